The van der Waals surface area contributed by atoms with E-state index in [1.54, 1.807) is 13.8 Å². The van der Waals surface area contributed by atoms with Crippen molar-refractivity contribution in [3.8, 4) is 0 Å². The van der Waals surface area contributed by atoms with Crippen molar-refractivity contribution in [2.24, 2.45) is 5.92 Å². The zero-order valence-electron chi connectivity index (χ0n) is 15.2. The van der Waals surface area contributed by atoms with Crippen LogP contribution < -0.4 is 10.6 Å². The van der Waals surface area contributed by atoms with Gasteiger partial charge in [-0.15, -0.1) is 0 Å². The van der Waals surface area contributed by atoms with E-state index in [2.05, 4.69) is 10.6 Å². The van der Waals surface area contributed by atoms with Crippen LogP contribution in [0.1, 0.15) is 13.8 Å². The van der Waals surface area contributed by atoms with Crippen LogP contribution in [-0.4, -0.2) is 63.3 Å². The molecule has 0 unspecified atom stereocenters. The standard InChI is InChI=1S/C17H27N3O4S/c1-17(2,19-14-8-6-5-7-9-14)16(21)18-15-11-24-10-13(15)12-25(22,23)20(3)4/h5-9,13,15,19H,10-12H2,1-4H3,(H,18,21)/t13-,15-/m0/s1. The molecule has 8 heteroatoms. The number of carbonyl (C=O) groups is 1. The molecule has 0 saturated carbocycles. The van der Waals surface area contributed by atoms with E-state index in [0.717, 1.165) is 5.69 Å². The Kier molecular flexibility index (Phi) is 6.08. The highest BCUT2D eigenvalue weighted by molar-refractivity contribution is 7.89. The summed E-state index contributed by atoms with van der Waals surface area (Å²) in [4.78, 5) is 12.7. The maximum absolute atomic E-state index is 12.7. The van der Waals surface area contributed by atoms with Crippen molar-refractivity contribution in [2.75, 3.05) is 38.4 Å². The van der Waals surface area contributed by atoms with E-state index < -0.39 is 15.6 Å². The Balaban J connectivity index is 2.00. The van der Waals surface area contributed by atoms with Crippen LogP contribution in [0.5, 0.6) is 0 Å². The molecular weight excluding hydrogens is 342 g/mol. The Hall–Kier alpha value is -1.64. The second-order valence-corrected chi connectivity index (χ2v) is 9.28. The van der Waals surface area contributed by atoms with Crippen molar-refractivity contribution in [1.29, 1.82) is 0 Å². The van der Waals surface area contributed by atoms with Gasteiger partial charge in [-0.3, -0.25) is 4.79 Å². The predicted octanol–water partition coefficient (Wildman–Crippen LogP) is 0.900. The molecule has 1 saturated heterocycles. The van der Waals surface area contributed by atoms with Gasteiger partial charge in [0.1, 0.15) is 5.54 Å². The molecule has 2 rings (SSSR count). The third-order valence-electron chi connectivity index (χ3n) is 4.29. The first kappa shape index (κ1) is 19.7. The predicted molar refractivity (Wildman–Crippen MR) is 97.9 cm³/mol. The fourth-order valence-electron chi connectivity index (χ4n) is 2.63. The Labute approximate surface area is 149 Å². The average molecular weight is 369 g/mol. The number of carbonyl (C=O) groups excluding carboxylic acids is 1. The minimum atomic E-state index is -3.35. The Morgan fingerprint density at radius 3 is 2.48 bits per heavy atom. The van der Waals surface area contributed by atoms with E-state index in [1.807, 2.05) is 30.3 Å². The van der Waals surface area contributed by atoms with Crippen LogP contribution >= 0.6 is 0 Å². The fraction of sp³-hybridized carbons (Fsp3) is 0.588. The van der Waals surface area contributed by atoms with Gasteiger partial charge in [0.2, 0.25) is 15.9 Å². The maximum Gasteiger partial charge on any atom is 0.245 e. The first-order chi connectivity index (χ1) is 11.6. The molecule has 2 atom stereocenters. The van der Waals surface area contributed by atoms with Gasteiger partial charge < -0.3 is 15.4 Å². The van der Waals surface area contributed by atoms with Gasteiger partial charge in [-0.05, 0) is 26.0 Å². The van der Waals surface area contributed by atoms with Crippen LogP contribution in [0.25, 0.3) is 0 Å². The van der Waals surface area contributed by atoms with Crippen molar-refractivity contribution in [3.05, 3.63) is 30.3 Å². The molecule has 1 aromatic rings. The summed E-state index contributed by atoms with van der Waals surface area (Å²) >= 11 is 0. The Morgan fingerprint density at radius 2 is 1.88 bits per heavy atom. The lowest BCUT2D eigenvalue weighted by molar-refractivity contribution is -0.125. The van der Waals surface area contributed by atoms with Gasteiger partial charge in [0.25, 0.3) is 0 Å². The molecule has 1 heterocycles. The molecule has 1 aliphatic rings. The number of amides is 1. The van der Waals surface area contributed by atoms with Crippen molar-refractivity contribution >= 4 is 21.6 Å². The van der Waals surface area contributed by atoms with Crippen molar-refractivity contribution in [1.82, 2.24) is 9.62 Å². The molecule has 140 valence electrons. The zero-order chi connectivity index (χ0) is 18.7. The van der Waals surface area contributed by atoms with Gasteiger partial charge >= 0.3 is 0 Å². The molecule has 0 radical (unpaired) electrons. The molecule has 1 fully saturated rings. The van der Waals surface area contributed by atoms with E-state index in [1.165, 1.54) is 18.4 Å². The number of hydrogen-bond acceptors (Lipinski definition) is 5. The van der Waals surface area contributed by atoms with E-state index in [9.17, 15) is 13.2 Å². The molecule has 25 heavy (non-hydrogen) atoms. The second kappa shape index (κ2) is 7.72. The quantitative estimate of drug-likeness (QED) is 0.746. The first-order valence-corrected chi connectivity index (χ1v) is 9.85. The van der Waals surface area contributed by atoms with Crippen molar-refractivity contribution < 1.29 is 17.9 Å². The number of benzene rings is 1. The number of hydrogen-bond donors (Lipinski definition) is 2. The van der Waals surface area contributed by atoms with Crippen LogP contribution in [0.2, 0.25) is 0 Å². The number of para-hydroxylation sites is 1. The topological polar surface area (TPSA) is 87.7 Å². The van der Waals surface area contributed by atoms with Crippen molar-refractivity contribution in [3.63, 3.8) is 0 Å². The van der Waals surface area contributed by atoms with E-state index in [0.29, 0.717) is 13.2 Å². The number of nitrogens with zero attached hydrogens (tertiary/aromatic N) is 1. The highest BCUT2D eigenvalue weighted by atomic mass is 32.2. The molecular formula is C17H27N3O4S. The smallest absolute Gasteiger partial charge is 0.245 e. The van der Waals surface area contributed by atoms with Gasteiger partial charge in [0, 0.05) is 25.7 Å². The summed E-state index contributed by atoms with van der Waals surface area (Å²) < 4.78 is 30.8. The summed E-state index contributed by atoms with van der Waals surface area (Å²) in [6.45, 7) is 4.22. The fourth-order valence-corrected chi connectivity index (χ4v) is 3.80. The SMILES string of the molecule is CN(C)S(=O)(=O)C[C@@H]1COC[C@@H]1NC(=O)C(C)(C)Nc1ccccc1. The molecule has 0 spiro atoms. The number of anilines is 1. The van der Waals surface area contributed by atoms with E-state index >= 15 is 0 Å². The summed E-state index contributed by atoms with van der Waals surface area (Å²) in [5.41, 5.74) is 0.00612. The molecule has 7 nitrogen and oxygen atoms in total. The zero-order valence-corrected chi connectivity index (χ0v) is 16.0. The van der Waals surface area contributed by atoms with Gasteiger partial charge in [0.05, 0.1) is 25.0 Å². The molecule has 0 bridgehead atoms. The Morgan fingerprint density at radius 1 is 1.24 bits per heavy atom. The molecule has 1 aromatic carbocycles. The number of nitrogens with one attached hydrogen (secondary N) is 2. The molecule has 2 N–H and O–H groups in total. The van der Waals surface area contributed by atoms with Crippen LogP contribution in [0, 0.1) is 5.92 Å². The van der Waals surface area contributed by atoms with Gasteiger partial charge in [-0.25, -0.2) is 12.7 Å². The average Bonchev–Trinajstić information content (AvgIpc) is 2.94. The Bertz CT molecular complexity index is 689. The molecule has 1 aliphatic heterocycles. The molecule has 0 aliphatic carbocycles. The third-order valence-corrected chi connectivity index (χ3v) is 6.26. The third kappa shape index (κ3) is 5.17. The first-order valence-electron chi connectivity index (χ1n) is 8.24. The van der Waals surface area contributed by atoms with E-state index in [-0.39, 0.29) is 23.6 Å². The number of ether oxygens (including phenoxy) is 1. The summed E-state index contributed by atoms with van der Waals surface area (Å²) in [5, 5.41) is 6.14. The lowest BCUT2D eigenvalue weighted by Crippen LogP contribution is -2.53. The number of sulfonamides is 1. The minimum Gasteiger partial charge on any atom is -0.379 e. The van der Waals surface area contributed by atoms with Crippen LogP contribution in [0.3, 0.4) is 0 Å². The van der Waals surface area contributed by atoms with Crippen LogP contribution in [0.4, 0.5) is 5.69 Å². The molecule has 0 aromatic heterocycles. The number of rotatable bonds is 7. The van der Waals surface area contributed by atoms with Crippen LogP contribution in [-0.2, 0) is 19.6 Å². The summed E-state index contributed by atoms with van der Waals surface area (Å²) in [7, 11) is -0.337. The monoisotopic (exact) mass is 369 g/mol. The lowest BCUT2D eigenvalue weighted by atomic mass is 10.0. The van der Waals surface area contributed by atoms with Crippen molar-refractivity contribution in [2.45, 2.75) is 25.4 Å². The summed E-state index contributed by atoms with van der Waals surface area (Å²) in [6.07, 6.45) is 0. The summed E-state index contributed by atoms with van der Waals surface area (Å²) in [6, 6.07) is 9.15. The largest absolute Gasteiger partial charge is 0.379 e. The summed E-state index contributed by atoms with van der Waals surface area (Å²) in [5.74, 6) is -0.500. The van der Waals surface area contributed by atoms with Gasteiger partial charge in [0.15, 0.2) is 0 Å². The van der Waals surface area contributed by atoms with Gasteiger partial charge in [-0.2, -0.15) is 0 Å². The van der Waals surface area contributed by atoms with Gasteiger partial charge in [-0.1, -0.05) is 18.2 Å². The molecule has 1 amide bonds. The minimum absolute atomic E-state index is 0.0442. The van der Waals surface area contributed by atoms with Crippen LogP contribution in [0.15, 0.2) is 30.3 Å². The second-order valence-electron chi connectivity index (χ2n) is 7.05. The highest BCUT2D eigenvalue weighted by Gasteiger charge is 2.37. The highest BCUT2D eigenvalue weighted by Crippen LogP contribution is 2.20. The maximum atomic E-state index is 12.7. The van der Waals surface area contributed by atoms with E-state index in [4.69, 9.17) is 4.74 Å². The lowest BCUT2D eigenvalue weighted by Gasteiger charge is -2.29. The normalized spacial score (nSPS) is 21.3.